The molecule has 0 bridgehead atoms. The van der Waals surface area contributed by atoms with Crippen LogP contribution in [0.5, 0.6) is 0 Å². The van der Waals surface area contributed by atoms with E-state index in [1.165, 1.54) is 6.92 Å². The normalized spacial score (nSPS) is 12.7. The Kier molecular flexibility index (Phi) is 4.53. The molecule has 1 heterocycles. The minimum Gasteiger partial charge on any atom is -0.340 e. The summed E-state index contributed by atoms with van der Waals surface area (Å²) in [5.74, 6) is -0.541. The van der Waals surface area contributed by atoms with Gasteiger partial charge in [-0.25, -0.2) is 0 Å². The molecule has 1 atom stereocenters. The van der Waals surface area contributed by atoms with E-state index in [-0.39, 0.29) is 5.89 Å². The summed E-state index contributed by atoms with van der Waals surface area (Å²) < 4.78 is 42.8. The second-order valence-corrected chi connectivity index (χ2v) is 4.86. The molecule has 1 aromatic heterocycles. The molecular weight excluding hydrogens is 333 g/mol. The van der Waals surface area contributed by atoms with Crippen LogP contribution in [0.4, 0.5) is 18.9 Å². The van der Waals surface area contributed by atoms with Crippen molar-refractivity contribution in [3.8, 4) is 0 Å². The minimum atomic E-state index is -4.76. The molecule has 0 fully saturated rings. The van der Waals surface area contributed by atoms with Gasteiger partial charge in [0.25, 0.3) is 11.6 Å². The molecule has 24 heavy (non-hydrogen) atoms. The van der Waals surface area contributed by atoms with Crippen molar-refractivity contribution in [2.24, 2.45) is 0 Å². The lowest BCUT2D eigenvalue weighted by molar-refractivity contribution is -0.385. The number of benzene rings is 1. The summed E-state index contributed by atoms with van der Waals surface area (Å²) in [5.41, 5.74) is -2.67. The Labute approximate surface area is 132 Å². The highest BCUT2D eigenvalue weighted by atomic mass is 19.4. The second kappa shape index (κ2) is 6.26. The molecule has 11 heteroatoms. The summed E-state index contributed by atoms with van der Waals surface area (Å²) in [4.78, 5) is 26.0. The maximum atomic E-state index is 12.6. The molecule has 0 spiro atoms. The molecule has 1 unspecified atom stereocenters. The molecule has 2 rings (SSSR count). The van der Waals surface area contributed by atoms with Gasteiger partial charge in [0, 0.05) is 6.07 Å². The molecule has 128 valence electrons. The van der Waals surface area contributed by atoms with Gasteiger partial charge in [-0.2, -0.15) is 18.2 Å². The van der Waals surface area contributed by atoms with E-state index in [2.05, 4.69) is 15.5 Å². The van der Waals surface area contributed by atoms with Gasteiger partial charge in [0.15, 0.2) is 5.82 Å². The van der Waals surface area contributed by atoms with Crippen LogP contribution in [0.1, 0.15) is 40.6 Å². The summed E-state index contributed by atoms with van der Waals surface area (Å²) in [5, 5.41) is 16.9. The largest absolute Gasteiger partial charge is 0.416 e. The van der Waals surface area contributed by atoms with Crippen LogP contribution in [-0.4, -0.2) is 21.0 Å². The summed E-state index contributed by atoms with van der Waals surface area (Å²) in [6.07, 6.45) is -4.76. The number of halogens is 3. The summed E-state index contributed by atoms with van der Waals surface area (Å²) in [6, 6.07) is 0.891. The lowest BCUT2D eigenvalue weighted by Crippen LogP contribution is -2.27. The van der Waals surface area contributed by atoms with Crippen molar-refractivity contribution in [2.75, 3.05) is 0 Å². The van der Waals surface area contributed by atoms with Crippen molar-refractivity contribution in [1.82, 2.24) is 15.5 Å². The number of nitrogens with zero attached hydrogens (tertiary/aromatic N) is 3. The third kappa shape index (κ3) is 3.67. The maximum Gasteiger partial charge on any atom is 0.416 e. The standard InChI is InChI=1S/C13H11F3N4O4/c1-6(12-18-7(2)19-24-12)17-11(21)9-4-3-8(13(14,15)16)5-10(9)20(22)23/h3-6H,1-2H3,(H,17,21). The SMILES string of the molecule is Cc1noc(C(C)NC(=O)c2ccc(C(F)(F)F)cc2[N+](=O)[O-])n1. The number of hydrogen-bond acceptors (Lipinski definition) is 6. The molecular formula is C13H11F3N4O4. The molecule has 0 aliphatic heterocycles. The van der Waals surface area contributed by atoms with Crippen LogP contribution in [0.25, 0.3) is 0 Å². The number of aromatic nitrogens is 2. The molecule has 8 nitrogen and oxygen atoms in total. The van der Waals surface area contributed by atoms with Gasteiger partial charge in [-0.1, -0.05) is 5.16 Å². The van der Waals surface area contributed by atoms with E-state index in [0.29, 0.717) is 18.0 Å². The Morgan fingerprint density at radius 2 is 2.08 bits per heavy atom. The number of rotatable bonds is 4. The van der Waals surface area contributed by atoms with Crippen molar-refractivity contribution >= 4 is 11.6 Å². The predicted octanol–water partition coefficient (Wildman–Crippen LogP) is 2.80. The highest BCUT2D eigenvalue weighted by molar-refractivity contribution is 5.98. The van der Waals surface area contributed by atoms with Gasteiger partial charge in [0.1, 0.15) is 11.6 Å². The van der Waals surface area contributed by atoms with Gasteiger partial charge >= 0.3 is 6.18 Å². The molecule has 0 saturated carbocycles. The van der Waals surface area contributed by atoms with Crippen LogP contribution in [-0.2, 0) is 6.18 Å². The first-order valence-electron chi connectivity index (χ1n) is 6.56. The number of nitro groups is 1. The third-order valence-electron chi connectivity index (χ3n) is 3.03. The van der Waals surface area contributed by atoms with E-state index in [1.54, 1.807) is 6.92 Å². The first-order valence-corrected chi connectivity index (χ1v) is 6.56. The summed E-state index contributed by atoms with van der Waals surface area (Å²) >= 11 is 0. The zero-order valence-corrected chi connectivity index (χ0v) is 12.4. The highest BCUT2D eigenvalue weighted by Gasteiger charge is 2.34. The van der Waals surface area contributed by atoms with E-state index < -0.39 is 39.9 Å². The monoisotopic (exact) mass is 344 g/mol. The van der Waals surface area contributed by atoms with Crippen LogP contribution in [0.15, 0.2) is 22.7 Å². The number of carbonyl (C=O) groups is 1. The van der Waals surface area contributed by atoms with E-state index >= 15 is 0 Å². The maximum absolute atomic E-state index is 12.6. The predicted molar refractivity (Wildman–Crippen MR) is 73.0 cm³/mol. The number of alkyl halides is 3. The zero-order chi connectivity index (χ0) is 18.1. The van der Waals surface area contributed by atoms with Crippen molar-refractivity contribution in [3.05, 3.63) is 51.2 Å². The van der Waals surface area contributed by atoms with Crippen molar-refractivity contribution < 1.29 is 27.4 Å². The van der Waals surface area contributed by atoms with Gasteiger partial charge in [-0.15, -0.1) is 0 Å². The number of aryl methyl sites for hydroxylation is 1. The molecule has 1 amide bonds. The Balaban J connectivity index is 2.30. The first-order chi connectivity index (χ1) is 11.1. The van der Waals surface area contributed by atoms with Crippen molar-refractivity contribution in [1.29, 1.82) is 0 Å². The molecule has 1 N–H and O–H groups in total. The van der Waals surface area contributed by atoms with Gasteiger partial charge in [-0.3, -0.25) is 14.9 Å². The average molecular weight is 344 g/mol. The van der Waals surface area contributed by atoms with Gasteiger partial charge in [-0.05, 0) is 26.0 Å². The van der Waals surface area contributed by atoms with Crippen LogP contribution in [0, 0.1) is 17.0 Å². The third-order valence-corrected chi connectivity index (χ3v) is 3.03. The van der Waals surface area contributed by atoms with Crippen LogP contribution in [0.3, 0.4) is 0 Å². The number of nitrogens with one attached hydrogen (secondary N) is 1. The van der Waals surface area contributed by atoms with Crippen molar-refractivity contribution in [2.45, 2.75) is 26.1 Å². The first kappa shape index (κ1) is 17.4. The number of nitro benzene ring substituents is 1. The van der Waals surface area contributed by atoms with E-state index in [9.17, 15) is 28.1 Å². The zero-order valence-electron chi connectivity index (χ0n) is 12.4. The van der Waals surface area contributed by atoms with E-state index in [4.69, 9.17) is 4.52 Å². The molecule has 0 saturated heterocycles. The average Bonchev–Trinajstić information content (AvgIpc) is 2.92. The quantitative estimate of drug-likeness (QED) is 0.674. The van der Waals surface area contributed by atoms with Gasteiger partial charge in [0.2, 0.25) is 5.89 Å². The molecule has 0 aliphatic rings. The molecule has 1 aromatic carbocycles. The van der Waals surface area contributed by atoms with Crippen LogP contribution in [0.2, 0.25) is 0 Å². The number of carbonyl (C=O) groups excluding carboxylic acids is 1. The van der Waals surface area contributed by atoms with E-state index in [0.717, 1.165) is 6.07 Å². The Morgan fingerprint density at radius 3 is 2.58 bits per heavy atom. The fourth-order valence-electron chi connectivity index (χ4n) is 1.88. The van der Waals surface area contributed by atoms with Gasteiger partial charge < -0.3 is 9.84 Å². The topological polar surface area (TPSA) is 111 Å². The van der Waals surface area contributed by atoms with Crippen LogP contribution < -0.4 is 5.32 Å². The van der Waals surface area contributed by atoms with Crippen LogP contribution >= 0.6 is 0 Å². The number of hydrogen-bond donors (Lipinski definition) is 1. The number of amides is 1. The smallest absolute Gasteiger partial charge is 0.340 e. The Hall–Kier alpha value is -2.98. The lowest BCUT2D eigenvalue weighted by Gasteiger charge is -2.11. The fraction of sp³-hybridized carbons (Fsp3) is 0.308. The van der Waals surface area contributed by atoms with E-state index in [1.807, 2.05) is 0 Å². The van der Waals surface area contributed by atoms with Crippen molar-refractivity contribution in [3.63, 3.8) is 0 Å². The summed E-state index contributed by atoms with van der Waals surface area (Å²) in [7, 11) is 0. The minimum absolute atomic E-state index is 0.0652. The molecule has 0 aliphatic carbocycles. The summed E-state index contributed by atoms with van der Waals surface area (Å²) in [6.45, 7) is 3.04. The fourth-order valence-corrected chi connectivity index (χ4v) is 1.88. The Bertz CT molecular complexity index is 788. The highest BCUT2D eigenvalue weighted by Crippen LogP contribution is 2.33. The molecule has 2 aromatic rings. The lowest BCUT2D eigenvalue weighted by atomic mass is 10.1. The second-order valence-electron chi connectivity index (χ2n) is 4.86. The Morgan fingerprint density at radius 1 is 1.42 bits per heavy atom. The van der Waals surface area contributed by atoms with Gasteiger partial charge in [0.05, 0.1) is 10.5 Å². The molecule has 0 radical (unpaired) electrons.